The van der Waals surface area contributed by atoms with E-state index in [0.29, 0.717) is 34.2 Å². The normalized spacial score (nSPS) is 10.5. The summed E-state index contributed by atoms with van der Waals surface area (Å²) in [5.41, 5.74) is 7.95. The summed E-state index contributed by atoms with van der Waals surface area (Å²) < 4.78 is 5.35. The molecule has 0 aliphatic rings. The first-order valence-corrected chi connectivity index (χ1v) is 7.22. The van der Waals surface area contributed by atoms with Gasteiger partial charge in [-0.15, -0.1) is 0 Å². The van der Waals surface area contributed by atoms with Crippen LogP contribution in [0.5, 0.6) is 5.75 Å². The van der Waals surface area contributed by atoms with E-state index in [2.05, 4.69) is 0 Å². The highest BCUT2D eigenvalue weighted by Crippen LogP contribution is 2.33. The Balaban J connectivity index is 2.49. The van der Waals surface area contributed by atoms with E-state index >= 15 is 0 Å². The van der Waals surface area contributed by atoms with Crippen molar-refractivity contribution in [2.45, 2.75) is 13.8 Å². The molecule has 0 bridgehead atoms. The Morgan fingerprint density at radius 1 is 1.14 bits per heavy atom. The number of nitrogens with two attached hydrogens (primary N) is 1. The standard InChI is InChI=1S/C16H15Cl2NO2/c1-3-21-15-8-12(17)10(7-13(15)18)16(20)11-6-9(2)4-5-14(11)19/h4-8H,3,19H2,1-2H3. The summed E-state index contributed by atoms with van der Waals surface area (Å²) in [6.07, 6.45) is 0. The van der Waals surface area contributed by atoms with Crippen LogP contribution in [0.15, 0.2) is 30.3 Å². The molecular weight excluding hydrogens is 309 g/mol. The van der Waals surface area contributed by atoms with Crippen molar-refractivity contribution < 1.29 is 9.53 Å². The van der Waals surface area contributed by atoms with E-state index < -0.39 is 0 Å². The quantitative estimate of drug-likeness (QED) is 0.665. The van der Waals surface area contributed by atoms with E-state index in [1.807, 2.05) is 19.9 Å². The lowest BCUT2D eigenvalue weighted by Gasteiger charge is -2.11. The number of hydrogen-bond donors (Lipinski definition) is 1. The van der Waals surface area contributed by atoms with Crippen LogP contribution < -0.4 is 10.5 Å². The minimum Gasteiger partial charge on any atom is -0.492 e. The van der Waals surface area contributed by atoms with Gasteiger partial charge < -0.3 is 10.5 Å². The van der Waals surface area contributed by atoms with Gasteiger partial charge in [-0.25, -0.2) is 0 Å². The highest BCUT2D eigenvalue weighted by atomic mass is 35.5. The number of ketones is 1. The average Bonchev–Trinajstić information content (AvgIpc) is 2.44. The van der Waals surface area contributed by atoms with E-state index in [-0.39, 0.29) is 10.8 Å². The summed E-state index contributed by atoms with van der Waals surface area (Å²) in [7, 11) is 0. The molecule has 0 aliphatic carbocycles. The highest BCUT2D eigenvalue weighted by Gasteiger charge is 2.18. The molecule has 2 rings (SSSR count). The van der Waals surface area contributed by atoms with Crippen molar-refractivity contribution in [1.29, 1.82) is 0 Å². The molecule has 0 fully saturated rings. The van der Waals surface area contributed by atoms with Gasteiger partial charge >= 0.3 is 0 Å². The molecule has 3 nitrogen and oxygen atoms in total. The molecule has 0 atom stereocenters. The number of halogens is 2. The number of nitrogen functional groups attached to an aromatic ring is 1. The second-order valence-electron chi connectivity index (χ2n) is 4.62. The van der Waals surface area contributed by atoms with Crippen LogP contribution in [0.2, 0.25) is 10.0 Å². The lowest BCUT2D eigenvalue weighted by Crippen LogP contribution is -2.07. The van der Waals surface area contributed by atoms with Gasteiger partial charge in [0.2, 0.25) is 0 Å². The summed E-state index contributed by atoms with van der Waals surface area (Å²) in [4.78, 5) is 12.6. The van der Waals surface area contributed by atoms with Crippen molar-refractivity contribution in [2.24, 2.45) is 0 Å². The Hall–Kier alpha value is -1.71. The Kier molecular flexibility index (Phi) is 4.76. The predicted molar refractivity (Wildman–Crippen MR) is 86.7 cm³/mol. The third-order valence-corrected chi connectivity index (χ3v) is 3.63. The summed E-state index contributed by atoms with van der Waals surface area (Å²) in [5.74, 6) is 0.198. The molecular formula is C16H15Cl2NO2. The SMILES string of the molecule is CCOc1cc(Cl)c(C(=O)c2cc(C)ccc2N)cc1Cl. The number of carbonyl (C=O) groups excluding carboxylic acids is 1. The zero-order valence-electron chi connectivity index (χ0n) is 11.7. The molecule has 0 radical (unpaired) electrons. The third kappa shape index (κ3) is 3.31. The predicted octanol–water partition coefficient (Wildman–Crippen LogP) is 4.51. The summed E-state index contributed by atoms with van der Waals surface area (Å²) >= 11 is 12.3. The van der Waals surface area contributed by atoms with Crippen molar-refractivity contribution in [3.63, 3.8) is 0 Å². The Labute approximate surface area is 133 Å². The van der Waals surface area contributed by atoms with Crippen molar-refractivity contribution in [3.8, 4) is 5.75 Å². The fourth-order valence-corrected chi connectivity index (χ4v) is 2.44. The number of aryl methyl sites for hydroxylation is 1. The molecule has 0 unspecified atom stereocenters. The number of hydrogen-bond acceptors (Lipinski definition) is 3. The molecule has 0 spiro atoms. The largest absolute Gasteiger partial charge is 0.492 e. The van der Waals surface area contributed by atoms with Crippen LogP contribution >= 0.6 is 23.2 Å². The number of rotatable bonds is 4. The van der Waals surface area contributed by atoms with Gasteiger partial charge in [0.15, 0.2) is 5.78 Å². The first-order chi connectivity index (χ1) is 9.93. The molecule has 0 amide bonds. The first-order valence-electron chi connectivity index (χ1n) is 6.46. The molecule has 21 heavy (non-hydrogen) atoms. The Morgan fingerprint density at radius 2 is 1.86 bits per heavy atom. The van der Waals surface area contributed by atoms with Crippen molar-refractivity contribution >= 4 is 34.7 Å². The topological polar surface area (TPSA) is 52.3 Å². The molecule has 5 heteroatoms. The molecule has 0 aromatic heterocycles. The maximum atomic E-state index is 12.6. The maximum absolute atomic E-state index is 12.6. The van der Waals surface area contributed by atoms with Crippen LogP contribution in [0.1, 0.15) is 28.4 Å². The van der Waals surface area contributed by atoms with Crippen LogP contribution in [0, 0.1) is 6.92 Å². The summed E-state index contributed by atoms with van der Waals surface area (Å²) in [6, 6.07) is 8.34. The average molecular weight is 324 g/mol. The second-order valence-corrected chi connectivity index (χ2v) is 5.43. The molecule has 0 heterocycles. The van der Waals surface area contributed by atoms with Gasteiger partial charge in [-0.05, 0) is 32.0 Å². The minimum absolute atomic E-state index is 0.258. The van der Waals surface area contributed by atoms with Gasteiger partial charge in [-0.1, -0.05) is 34.8 Å². The number of ether oxygens (including phenoxy) is 1. The van der Waals surface area contributed by atoms with Gasteiger partial charge in [-0.2, -0.15) is 0 Å². The molecule has 0 aliphatic heterocycles. The first kappa shape index (κ1) is 15.7. The van der Waals surface area contributed by atoms with Crippen molar-refractivity contribution in [2.75, 3.05) is 12.3 Å². The highest BCUT2D eigenvalue weighted by molar-refractivity contribution is 6.37. The molecule has 110 valence electrons. The van der Waals surface area contributed by atoms with Gasteiger partial charge in [0.05, 0.1) is 16.7 Å². The van der Waals surface area contributed by atoms with E-state index in [0.717, 1.165) is 5.56 Å². The third-order valence-electron chi connectivity index (χ3n) is 3.02. The zero-order valence-corrected chi connectivity index (χ0v) is 13.3. The Morgan fingerprint density at radius 3 is 2.52 bits per heavy atom. The van der Waals surface area contributed by atoms with Gasteiger partial charge in [0.25, 0.3) is 0 Å². The lowest BCUT2D eigenvalue weighted by atomic mass is 10.00. The van der Waals surface area contributed by atoms with Crippen molar-refractivity contribution in [3.05, 3.63) is 57.1 Å². The van der Waals surface area contributed by atoms with E-state index in [1.54, 1.807) is 18.2 Å². The fraction of sp³-hybridized carbons (Fsp3) is 0.188. The summed E-state index contributed by atoms with van der Waals surface area (Å²) in [5, 5.41) is 0.629. The monoisotopic (exact) mass is 323 g/mol. The summed E-state index contributed by atoms with van der Waals surface area (Å²) in [6.45, 7) is 4.20. The zero-order chi connectivity index (χ0) is 15.6. The number of carbonyl (C=O) groups is 1. The molecule has 2 aromatic carbocycles. The van der Waals surface area contributed by atoms with Gasteiger partial charge in [0, 0.05) is 22.9 Å². The molecule has 0 saturated carbocycles. The van der Waals surface area contributed by atoms with Crippen LogP contribution in [0.3, 0.4) is 0 Å². The van der Waals surface area contributed by atoms with Crippen LogP contribution in [-0.4, -0.2) is 12.4 Å². The van der Waals surface area contributed by atoms with E-state index in [9.17, 15) is 4.79 Å². The second kappa shape index (κ2) is 6.37. The fourth-order valence-electron chi connectivity index (χ4n) is 1.98. The smallest absolute Gasteiger partial charge is 0.196 e. The van der Waals surface area contributed by atoms with E-state index in [1.165, 1.54) is 6.07 Å². The molecule has 2 aromatic rings. The Bertz CT molecular complexity index is 699. The number of anilines is 1. The van der Waals surface area contributed by atoms with Crippen LogP contribution in [0.25, 0.3) is 0 Å². The molecule has 2 N–H and O–H groups in total. The van der Waals surface area contributed by atoms with Crippen molar-refractivity contribution in [1.82, 2.24) is 0 Å². The van der Waals surface area contributed by atoms with Gasteiger partial charge in [0.1, 0.15) is 5.75 Å². The molecule has 0 saturated heterocycles. The number of benzene rings is 2. The maximum Gasteiger partial charge on any atom is 0.196 e. The van der Waals surface area contributed by atoms with Crippen LogP contribution in [0.4, 0.5) is 5.69 Å². The van der Waals surface area contributed by atoms with Crippen LogP contribution in [-0.2, 0) is 0 Å². The van der Waals surface area contributed by atoms with E-state index in [4.69, 9.17) is 33.7 Å². The lowest BCUT2D eigenvalue weighted by molar-refractivity contribution is 0.103. The van der Waals surface area contributed by atoms with Gasteiger partial charge in [-0.3, -0.25) is 4.79 Å². The minimum atomic E-state index is -0.258.